The highest BCUT2D eigenvalue weighted by Crippen LogP contribution is 2.23. The lowest BCUT2D eigenvalue weighted by Crippen LogP contribution is -2.05. The van der Waals surface area contributed by atoms with Crippen molar-refractivity contribution in [3.8, 4) is 11.6 Å². The van der Waals surface area contributed by atoms with Crippen LogP contribution in [-0.2, 0) is 19.4 Å². The van der Waals surface area contributed by atoms with Crippen LogP contribution in [0.25, 0.3) is 11.6 Å². The first kappa shape index (κ1) is 10.4. The maximum absolute atomic E-state index is 5.45. The van der Waals surface area contributed by atoms with E-state index in [0.717, 1.165) is 18.5 Å². The van der Waals surface area contributed by atoms with Crippen LogP contribution in [0.4, 0.5) is 0 Å². The summed E-state index contributed by atoms with van der Waals surface area (Å²) in [6, 6.07) is 4.06. The van der Waals surface area contributed by atoms with Gasteiger partial charge in [-0.2, -0.15) is 4.98 Å². The molecular formula is C12H14N4O. The van der Waals surface area contributed by atoms with Gasteiger partial charge in [0.25, 0.3) is 5.89 Å². The Balaban J connectivity index is 1.97. The van der Waals surface area contributed by atoms with E-state index >= 15 is 0 Å². The number of hydrogen-bond acceptors (Lipinski definition) is 5. The van der Waals surface area contributed by atoms with Gasteiger partial charge >= 0.3 is 0 Å². The second-order valence-corrected chi connectivity index (χ2v) is 4.23. The number of nitrogens with zero attached hydrogens (tertiary/aromatic N) is 3. The quantitative estimate of drug-likeness (QED) is 0.845. The molecule has 0 spiro atoms. The molecule has 2 N–H and O–H groups in total. The third kappa shape index (κ3) is 1.93. The van der Waals surface area contributed by atoms with Gasteiger partial charge in [-0.25, -0.2) is 4.98 Å². The van der Waals surface area contributed by atoms with Crippen LogP contribution in [0, 0.1) is 0 Å². The molecule has 0 bridgehead atoms. The second-order valence-electron chi connectivity index (χ2n) is 4.23. The third-order valence-electron chi connectivity index (χ3n) is 3.05. The molecule has 88 valence electrons. The van der Waals surface area contributed by atoms with Crippen molar-refractivity contribution in [3.63, 3.8) is 0 Å². The van der Waals surface area contributed by atoms with Crippen LogP contribution >= 0.6 is 0 Å². The van der Waals surface area contributed by atoms with Gasteiger partial charge in [0.2, 0.25) is 0 Å². The molecule has 2 heterocycles. The molecule has 0 atom stereocenters. The molecular weight excluding hydrogens is 216 g/mol. The van der Waals surface area contributed by atoms with Gasteiger partial charge in [0.05, 0.1) is 6.54 Å². The number of aromatic nitrogens is 3. The van der Waals surface area contributed by atoms with Crippen molar-refractivity contribution in [1.29, 1.82) is 0 Å². The van der Waals surface area contributed by atoms with Gasteiger partial charge in [-0.1, -0.05) is 11.2 Å². The van der Waals surface area contributed by atoms with E-state index in [1.54, 1.807) is 0 Å². The number of aryl methyl sites for hydroxylation is 2. The maximum Gasteiger partial charge on any atom is 0.276 e. The minimum absolute atomic E-state index is 0.286. The van der Waals surface area contributed by atoms with Crippen LogP contribution in [0.5, 0.6) is 0 Å². The Morgan fingerprint density at radius 2 is 2.06 bits per heavy atom. The molecule has 17 heavy (non-hydrogen) atoms. The highest BCUT2D eigenvalue weighted by Gasteiger charge is 2.14. The Kier molecular flexibility index (Phi) is 2.60. The van der Waals surface area contributed by atoms with Gasteiger partial charge in [0, 0.05) is 5.69 Å². The summed E-state index contributed by atoms with van der Waals surface area (Å²) in [7, 11) is 0. The monoisotopic (exact) mass is 230 g/mol. The van der Waals surface area contributed by atoms with Gasteiger partial charge in [0.1, 0.15) is 5.69 Å². The van der Waals surface area contributed by atoms with Crippen molar-refractivity contribution in [2.24, 2.45) is 5.73 Å². The van der Waals surface area contributed by atoms with E-state index in [-0.39, 0.29) is 6.54 Å². The van der Waals surface area contributed by atoms with Gasteiger partial charge in [-0.05, 0) is 37.3 Å². The summed E-state index contributed by atoms with van der Waals surface area (Å²) in [5.74, 6) is 0.971. The van der Waals surface area contributed by atoms with Crippen molar-refractivity contribution in [2.45, 2.75) is 32.2 Å². The van der Waals surface area contributed by atoms with Crippen LogP contribution in [-0.4, -0.2) is 15.1 Å². The molecule has 5 heteroatoms. The summed E-state index contributed by atoms with van der Waals surface area (Å²) in [5, 5.41) is 3.77. The molecule has 0 saturated heterocycles. The standard InChI is InChI=1S/C12H14N4O/c13-7-11-15-12(17-16-11)10-6-5-8-3-1-2-4-9(8)14-10/h5-6H,1-4,7,13H2. The topological polar surface area (TPSA) is 77.8 Å². The Morgan fingerprint density at radius 3 is 2.88 bits per heavy atom. The lowest BCUT2D eigenvalue weighted by Gasteiger charge is -2.14. The summed E-state index contributed by atoms with van der Waals surface area (Å²) < 4.78 is 5.13. The molecule has 2 aromatic rings. The van der Waals surface area contributed by atoms with E-state index in [0.29, 0.717) is 11.7 Å². The molecule has 0 fully saturated rings. The molecule has 0 saturated carbocycles. The molecule has 5 nitrogen and oxygen atoms in total. The maximum atomic E-state index is 5.45. The highest BCUT2D eigenvalue weighted by atomic mass is 16.5. The van der Waals surface area contributed by atoms with Gasteiger partial charge in [0.15, 0.2) is 5.82 Å². The van der Waals surface area contributed by atoms with Crippen LogP contribution in [0.15, 0.2) is 16.7 Å². The zero-order valence-corrected chi connectivity index (χ0v) is 9.52. The molecule has 0 aliphatic heterocycles. The Hall–Kier alpha value is -1.75. The average molecular weight is 230 g/mol. The molecule has 0 aromatic carbocycles. The minimum Gasteiger partial charge on any atom is -0.332 e. The van der Waals surface area contributed by atoms with E-state index in [1.807, 2.05) is 6.07 Å². The molecule has 2 aromatic heterocycles. The summed E-state index contributed by atoms with van der Waals surface area (Å²) in [6.07, 6.45) is 4.63. The zero-order chi connectivity index (χ0) is 11.7. The largest absolute Gasteiger partial charge is 0.332 e. The highest BCUT2D eigenvalue weighted by molar-refractivity contribution is 5.48. The average Bonchev–Trinajstić information content (AvgIpc) is 2.87. The van der Waals surface area contributed by atoms with Gasteiger partial charge in [-0.15, -0.1) is 0 Å². The van der Waals surface area contributed by atoms with E-state index in [9.17, 15) is 0 Å². The van der Waals surface area contributed by atoms with E-state index < -0.39 is 0 Å². The molecule has 1 aliphatic rings. The first-order valence-corrected chi connectivity index (χ1v) is 5.88. The van der Waals surface area contributed by atoms with E-state index in [1.165, 1.54) is 24.1 Å². The van der Waals surface area contributed by atoms with Crippen LogP contribution in [0.3, 0.4) is 0 Å². The number of nitrogens with two attached hydrogens (primary N) is 1. The second kappa shape index (κ2) is 4.25. The first-order valence-electron chi connectivity index (χ1n) is 5.88. The van der Waals surface area contributed by atoms with E-state index in [2.05, 4.69) is 21.2 Å². The number of rotatable bonds is 2. The smallest absolute Gasteiger partial charge is 0.276 e. The van der Waals surface area contributed by atoms with Crippen molar-refractivity contribution in [2.75, 3.05) is 0 Å². The van der Waals surface area contributed by atoms with Crippen molar-refractivity contribution in [3.05, 3.63) is 29.2 Å². The Morgan fingerprint density at radius 1 is 1.18 bits per heavy atom. The summed E-state index contributed by atoms with van der Waals surface area (Å²) in [6.45, 7) is 0.286. The van der Waals surface area contributed by atoms with Crippen molar-refractivity contribution < 1.29 is 4.52 Å². The molecule has 0 amide bonds. The fourth-order valence-corrected chi connectivity index (χ4v) is 2.14. The third-order valence-corrected chi connectivity index (χ3v) is 3.05. The molecule has 1 aliphatic carbocycles. The predicted octanol–water partition coefficient (Wildman–Crippen LogP) is 1.47. The number of fused-ring (bicyclic) bond motifs is 1. The van der Waals surface area contributed by atoms with Crippen LogP contribution in [0.1, 0.15) is 29.9 Å². The first-order chi connectivity index (χ1) is 8.36. The van der Waals surface area contributed by atoms with Gasteiger partial charge in [-0.3, -0.25) is 0 Å². The number of hydrogen-bond donors (Lipinski definition) is 1. The Labute approximate surface area is 99.1 Å². The molecule has 0 unspecified atom stereocenters. The lowest BCUT2D eigenvalue weighted by atomic mass is 9.96. The summed E-state index contributed by atoms with van der Waals surface area (Å²) >= 11 is 0. The van der Waals surface area contributed by atoms with Crippen molar-refractivity contribution >= 4 is 0 Å². The normalized spacial score (nSPS) is 14.6. The summed E-state index contributed by atoms with van der Waals surface area (Å²) in [5.41, 5.74) is 8.71. The zero-order valence-electron chi connectivity index (χ0n) is 9.52. The SMILES string of the molecule is NCc1noc(-c2ccc3c(n2)CCCC3)n1. The predicted molar refractivity (Wildman–Crippen MR) is 62.1 cm³/mol. The van der Waals surface area contributed by atoms with Crippen LogP contribution < -0.4 is 5.73 Å². The molecule has 3 rings (SSSR count). The summed E-state index contributed by atoms with van der Waals surface area (Å²) in [4.78, 5) is 8.78. The Bertz CT molecular complexity index is 535. The van der Waals surface area contributed by atoms with Crippen molar-refractivity contribution in [1.82, 2.24) is 15.1 Å². The fourth-order valence-electron chi connectivity index (χ4n) is 2.14. The lowest BCUT2D eigenvalue weighted by molar-refractivity contribution is 0.421. The van der Waals surface area contributed by atoms with Crippen LogP contribution in [0.2, 0.25) is 0 Å². The number of pyridine rings is 1. The fraction of sp³-hybridized carbons (Fsp3) is 0.417. The van der Waals surface area contributed by atoms with E-state index in [4.69, 9.17) is 10.3 Å². The molecule has 0 radical (unpaired) electrons. The minimum atomic E-state index is 0.286. The van der Waals surface area contributed by atoms with Gasteiger partial charge < -0.3 is 10.3 Å².